The van der Waals surface area contributed by atoms with Crippen LogP contribution in [-0.2, 0) is 0 Å². The zero-order chi connectivity index (χ0) is 14.9. The van der Waals surface area contributed by atoms with Crippen LogP contribution in [0.2, 0.25) is 0 Å². The van der Waals surface area contributed by atoms with Gasteiger partial charge in [-0.05, 0) is 40.8 Å². The highest BCUT2D eigenvalue weighted by Gasteiger charge is 2.24. The molecule has 20 heavy (non-hydrogen) atoms. The Morgan fingerprint density at radius 1 is 1.00 bits per heavy atom. The van der Waals surface area contributed by atoms with E-state index in [1.54, 1.807) is 0 Å². The van der Waals surface area contributed by atoms with Crippen LogP contribution in [0.25, 0.3) is 13.2 Å². The molecule has 1 aromatic carbocycles. The third-order valence-electron chi connectivity index (χ3n) is 4.07. The van der Waals surface area contributed by atoms with Crippen LogP contribution in [0, 0.1) is 0 Å². The smallest absolute Gasteiger partial charge is 0.336 e. The summed E-state index contributed by atoms with van der Waals surface area (Å²) in [6.45, 7) is 7.40. The molecular formula is C16H18O4. The van der Waals surface area contributed by atoms with Crippen molar-refractivity contribution in [3.8, 4) is 0 Å². The molecule has 4 heteroatoms. The van der Waals surface area contributed by atoms with Crippen molar-refractivity contribution >= 4 is 25.1 Å². The van der Waals surface area contributed by atoms with Crippen LogP contribution in [-0.4, -0.2) is 22.2 Å². The number of hydrogen-bond donors (Lipinski definition) is 2. The van der Waals surface area contributed by atoms with Crippen molar-refractivity contribution in [2.24, 2.45) is 0 Å². The fourth-order valence-corrected chi connectivity index (χ4v) is 2.98. The largest absolute Gasteiger partial charge is 0.478 e. The van der Waals surface area contributed by atoms with Gasteiger partial charge >= 0.3 is 11.9 Å². The second kappa shape index (κ2) is 5.49. The maximum absolute atomic E-state index is 11.5. The van der Waals surface area contributed by atoms with Gasteiger partial charge in [0.25, 0.3) is 0 Å². The number of rotatable bonds is 3. The molecule has 1 aromatic rings. The van der Waals surface area contributed by atoms with Crippen LogP contribution >= 0.6 is 0 Å². The molecule has 0 radical (unpaired) electrons. The zero-order valence-corrected chi connectivity index (χ0v) is 11.3. The Kier molecular flexibility index (Phi) is 3.93. The molecule has 2 N–H and O–H groups in total. The molecule has 0 saturated heterocycles. The van der Waals surface area contributed by atoms with Crippen molar-refractivity contribution < 1.29 is 19.8 Å². The standard InChI is InChI=1S/C16H18O4/c1-9-10(2)14(16(19)20)13(8-12(9)15(17)18)11-6-4-3-5-7-11/h8,11H,1-7H2,(H,17,18)(H,19,20). The molecule has 0 heterocycles. The van der Waals surface area contributed by atoms with Gasteiger partial charge in [-0.1, -0.05) is 32.4 Å². The molecule has 1 aliphatic carbocycles. The van der Waals surface area contributed by atoms with Gasteiger partial charge in [-0.25, -0.2) is 9.59 Å². The number of hydrogen-bond acceptors (Lipinski definition) is 2. The van der Waals surface area contributed by atoms with Gasteiger partial charge in [0, 0.05) is 0 Å². The van der Waals surface area contributed by atoms with E-state index in [0.717, 1.165) is 32.1 Å². The van der Waals surface area contributed by atoms with Crippen LogP contribution in [0.3, 0.4) is 0 Å². The van der Waals surface area contributed by atoms with E-state index < -0.39 is 11.9 Å². The van der Waals surface area contributed by atoms with Crippen LogP contribution in [0.4, 0.5) is 0 Å². The summed E-state index contributed by atoms with van der Waals surface area (Å²) in [6.07, 6.45) is 5.04. The van der Waals surface area contributed by atoms with Crippen molar-refractivity contribution in [3.63, 3.8) is 0 Å². The van der Waals surface area contributed by atoms with Crippen LogP contribution < -0.4 is 10.4 Å². The summed E-state index contributed by atoms with van der Waals surface area (Å²) in [5.74, 6) is -2.04. The molecule has 4 nitrogen and oxygen atoms in total. The predicted molar refractivity (Wildman–Crippen MR) is 76.5 cm³/mol. The van der Waals surface area contributed by atoms with Gasteiger partial charge in [0.05, 0.1) is 11.1 Å². The summed E-state index contributed by atoms with van der Waals surface area (Å²) in [5, 5.41) is 19.1. The minimum absolute atomic E-state index is 0.0561. The Hall–Kier alpha value is -2.10. The lowest BCUT2D eigenvalue weighted by atomic mass is 9.80. The molecule has 1 aliphatic rings. The topological polar surface area (TPSA) is 74.6 Å². The molecule has 0 atom stereocenters. The van der Waals surface area contributed by atoms with E-state index >= 15 is 0 Å². The molecule has 2 rings (SSSR count). The number of carboxylic acid groups (broad SMARTS) is 2. The molecule has 0 unspecified atom stereocenters. The highest BCUT2D eigenvalue weighted by atomic mass is 16.4. The van der Waals surface area contributed by atoms with Crippen molar-refractivity contribution in [1.29, 1.82) is 0 Å². The molecule has 0 spiro atoms. The van der Waals surface area contributed by atoms with Gasteiger partial charge in [-0.3, -0.25) is 0 Å². The highest BCUT2D eigenvalue weighted by Crippen LogP contribution is 2.33. The number of carboxylic acids is 2. The van der Waals surface area contributed by atoms with E-state index in [0.29, 0.717) is 5.56 Å². The Morgan fingerprint density at radius 2 is 1.60 bits per heavy atom. The van der Waals surface area contributed by atoms with Crippen LogP contribution in [0.5, 0.6) is 0 Å². The van der Waals surface area contributed by atoms with E-state index in [9.17, 15) is 19.8 Å². The third kappa shape index (κ3) is 2.46. The van der Waals surface area contributed by atoms with Gasteiger partial charge in [0.1, 0.15) is 0 Å². The zero-order valence-electron chi connectivity index (χ0n) is 11.3. The molecule has 0 amide bonds. The number of aromatic carboxylic acids is 2. The summed E-state index contributed by atoms with van der Waals surface area (Å²) in [4.78, 5) is 22.8. The molecular weight excluding hydrogens is 256 g/mol. The fourth-order valence-electron chi connectivity index (χ4n) is 2.98. The average Bonchev–Trinajstić information content (AvgIpc) is 2.41. The number of benzene rings is 1. The van der Waals surface area contributed by atoms with E-state index in [4.69, 9.17) is 0 Å². The lowest BCUT2D eigenvalue weighted by molar-refractivity contribution is 0.0677. The van der Waals surface area contributed by atoms with Crippen molar-refractivity contribution in [1.82, 2.24) is 0 Å². The Labute approximate surface area is 117 Å². The Balaban J connectivity index is 2.69. The monoisotopic (exact) mass is 274 g/mol. The quantitative estimate of drug-likeness (QED) is 0.883. The molecule has 0 aliphatic heterocycles. The summed E-state index contributed by atoms with van der Waals surface area (Å²) in [7, 11) is 0. The van der Waals surface area contributed by atoms with Crippen LogP contribution in [0.15, 0.2) is 6.07 Å². The minimum atomic E-state index is -1.09. The van der Waals surface area contributed by atoms with Crippen molar-refractivity contribution in [2.45, 2.75) is 38.0 Å². The Bertz CT molecular complexity index is 654. The molecule has 0 aromatic heterocycles. The average molecular weight is 274 g/mol. The van der Waals surface area contributed by atoms with Gasteiger partial charge in [0.2, 0.25) is 0 Å². The molecule has 1 saturated carbocycles. The van der Waals surface area contributed by atoms with Crippen LogP contribution in [0.1, 0.15) is 64.3 Å². The van der Waals surface area contributed by atoms with Crippen molar-refractivity contribution in [2.75, 3.05) is 0 Å². The lowest BCUT2D eigenvalue weighted by Crippen LogP contribution is -2.36. The first-order valence-electron chi connectivity index (χ1n) is 6.75. The maximum Gasteiger partial charge on any atom is 0.336 e. The summed E-state index contributed by atoms with van der Waals surface area (Å²) in [6, 6.07) is 1.48. The highest BCUT2D eigenvalue weighted by molar-refractivity contribution is 5.94. The van der Waals surface area contributed by atoms with Crippen molar-refractivity contribution in [3.05, 3.63) is 33.2 Å². The van der Waals surface area contributed by atoms with Gasteiger partial charge in [-0.15, -0.1) is 0 Å². The second-order valence-electron chi connectivity index (χ2n) is 5.29. The third-order valence-corrected chi connectivity index (χ3v) is 4.07. The first kappa shape index (κ1) is 14.3. The predicted octanol–water partition coefficient (Wildman–Crippen LogP) is 1.95. The van der Waals surface area contributed by atoms with E-state index in [2.05, 4.69) is 13.2 Å². The second-order valence-corrected chi connectivity index (χ2v) is 5.29. The van der Waals surface area contributed by atoms with Gasteiger partial charge in [0.15, 0.2) is 0 Å². The van der Waals surface area contributed by atoms with Gasteiger partial charge in [-0.2, -0.15) is 0 Å². The first-order chi connectivity index (χ1) is 9.43. The molecule has 1 fully saturated rings. The SMILES string of the molecule is C=c1c(C(=O)O)cc(C2CCCCC2)c(C(=O)O)c1=C. The summed E-state index contributed by atoms with van der Waals surface area (Å²) >= 11 is 0. The molecule has 0 bridgehead atoms. The fraction of sp³-hybridized carbons (Fsp3) is 0.375. The van der Waals surface area contributed by atoms with E-state index in [1.165, 1.54) is 6.07 Å². The lowest BCUT2D eigenvalue weighted by Gasteiger charge is -2.24. The molecule has 106 valence electrons. The number of carbonyl (C=O) groups is 2. The summed E-state index contributed by atoms with van der Waals surface area (Å²) in [5.41, 5.74) is 0.791. The van der Waals surface area contributed by atoms with E-state index in [1.807, 2.05) is 0 Å². The van der Waals surface area contributed by atoms with E-state index in [-0.39, 0.29) is 27.5 Å². The Morgan fingerprint density at radius 3 is 2.10 bits per heavy atom. The summed E-state index contributed by atoms with van der Waals surface area (Å²) < 4.78 is 0. The minimum Gasteiger partial charge on any atom is -0.478 e. The normalized spacial score (nSPS) is 16.0. The maximum atomic E-state index is 11.5. The first-order valence-corrected chi connectivity index (χ1v) is 6.75. The van der Waals surface area contributed by atoms with Gasteiger partial charge < -0.3 is 10.2 Å².